The lowest BCUT2D eigenvalue weighted by atomic mass is 10.1. The van der Waals surface area contributed by atoms with Gasteiger partial charge in [-0.2, -0.15) is 13.2 Å². The molecule has 0 fully saturated rings. The lowest BCUT2D eigenvalue weighted by Gasteiger charge is -2.22. The van der Waals surface area contributed by atoms with E-state index in [1.807, 2.05) is 0 Å². The van der Waals surface area contributed by atoms with Crippen molar-refractivity contribution in [3.05, 3.63) is 29.6 Å². The lowest BCUT2D eigenvalue weighted by molar-refractivity contribution is -0.139. The van der Waals surface area contributed by atoms with Crippen molar-refractivity contribution in [1.29, 1.82) is 0 Å². The van der Waals surface area contributed by atoms with Crippen LogP contribution in [0, 0.1) is 5.82 Å². The fourth-order valence-electron chi connectivity index (χ4n) is 1.79. The summed E-state index contributed by atoms with van der Waals surface area (Å²) >= 11 is 0. The van der Waals surface area contributed by atoms with Crippen LogP contribution in [-0.4, -0.2) is 17.3 Å². The van der Waals surface area contributed by atoms with Crippen LogP contribution >= 0.6 is 0 Å². The van der Waals surface area contributed by atoms with Gasteiger partial charge in [0.1, 0.15) is 11.6 Å². The monoisotopic (exact) mass is 265 g/mol. The Hall–Kier alpha value is -1.30. The van der Waals surface area contributed by atoms with Crippen LogP contribution in [0.25, 0.3) is 0 Å². The number of phenols is 1. The summed E-state index contributed by atoms with van der Waals surface area (Å²) in [7, 11) is 0. The largest absolute Gasteiger partial charge is 0.508 e. The molecule has 2 N–H and O–H groups in total. The second kappa shape index (κ2) is 5.56. The van der Waals surface area contributed by atoms with E-state index in [0.29, 0.717) is 0 Å². The first kappa shape index (κ1) is 14.8. The highest BCUT2D eigenvalue weighted by Crippen LogP contribution is 2.27. The van der Waals surface area contributed by atoms with Crippen LogP contribution in [0.5, 0.6) is 5.75 Å². The van der Waals surface area contributed by atoms with Gasteiger partial charge in [-0.1, -0.05) is 0 Å². The van der Waals surface area contributed by atoms with E-state index in [1.165, 1.54) is 13.0 Å². The molecule has 1 aromatic carbocycles. The fourth-order valence-corrected chi connectivity index (χ4v) is 1.79. The third-order valence-electron chi connectivity index (χ3n) is 2.53. The Bertz CT molecular complexity index is 406. The number of hydrogen-bond donors (Lipinski definition) is 2. The topological polar surface area (TPSA) is 32.3 Å². The molecule has 102 valence electrons. The van der Waals surface area contributed by atoms with Gasteiger partial charge in [-0.05, 0) is 32.0 Å². The average Bonchev–Trinajstić information content (AvgIpc) is 2.18. The molecule has 0 saturated heterocycles. The van der Waals surface area contributed by atoms with Crippen molar-refractivity contribution < 1.29 is 22.7 Å². The summed E-state index contributed by atoms with van der Waals surface area (Å²) in [4.78, 5) is 0. The molecule has 0 aromatic heterocycles. The molecule has 0 radical (unpaired) electrons. The van der Waals surface area contributed by atoms with Gasteiger partial charge >= 0.3 is 6.18 Å². The molecule has 1 aromatic rings. The quantitative estimate of drug-likeness (QED) is 0.816. The molecule has 6 heteroatoms. The van der Waals surface area contributed by atoms with E-state index in [-0.39, 0.29) is 11.3 Å². The van der Waals surface area contributed by atoms with Crippen molar-refractivity contribution in [3.8, 4) is 5.75 Å². The first-order chi connectivity index (χ1) is 8.19. The summed E-state index contributed by atoms with van der Waals surface area (Å²) in [6.07, 6.45) is -5.23. The molecule has 2 atom stereocenters. The van der Waals surface area contributed by atoms with Crippen LogP contribution in [0.2, 0.25) is 0 Å². The summed E-state index contributed by atoms with van der Waals surface area (Å²) in [5.41, 5.74) is 0.240. The van der Waals surface area contributed by atoms with Crippen LogP contribution in [0.4, 0.5) is 17.6 Å². The number of aromatic hydroxyl groups is 1. The molecule has 0 saturated carbocycles. The molecule has 0 spiro atoms. The minimum absolute atomic E-state index is 0.143. The van der Waals surface area contributed by atoms with E-state index in [0.717, 1.165) is 12.1 Å². The number of benzene rings is 1. The molecule has 0 amide bonds. The predicted octanol–water partition coefficient (Wildman–Crippen LogP) is 3.52. The Morgan fingerprint density at radius 3 is 2.44 bits per heavy atom. The highest BCUT2D eigenvalue weighted by atomic mass is 19.4. The molecule has 1 rings (SSSR count). The van der Waals surface area contributed by atoms with Gasteiger partial charge in [-0.15, -0.1) is 0 Å². The van der Waals surface area contributed by atoms with Gasteiger partial charge in [0, 0.05) is 17.6 Å². The van der Waals surface area contributed by atoms with Crippen molar-refractivity contribution >= 4 is 0 Å². The van der Waals surface area contributed by atoms with Crippen molar-refractivity contribution in [2.45, 2.75) is 38.5 Å². The van der Waals surface area contributed by atoms with E-state index in [1.54, 1.807) is 6.92 Å². The van der Waals surface area contributed by atoms with Gasteiger partial charge in [0.2, 0.25) is 0 Å². The van der Waals surface area contributed by atoms with E-state index in [9.17, 15) is 22.7 Å². The number of rotatable bonds is 4. The molecule has 18 heavy (non-hydrogen) atoms. The van der Waals surface area contributed by atoms with Crippen LogP contribution in [0.3, 0.4) is 0 Å². The van der Waals surface area contributed by atoms with Crippen LogP contribution in [-0.2, 0) is 0 Å². The van der Waals surface area contributed by atoms with Gasteiger partial charge in [0.05, 0.1) is 6.42 Å². The average molecular weight is 265 g/mol. The van der Waals surface area contributed by atoms with Gasteiger partial charge in [-0.3, -0.25) is 0 Å². The molecule has 0 aliphatic rings. The fraction of sp³-hybridized carbons (Fsp3) is 0.500. The molecule has 0 bridgehead atoms. The normalized spacial score (nSPS) is 15.4. The Morgan fingerprint density at radius 1 is 1.28 bits per heavy atom. The maximum Gasteiger partial charge on any atom is 0.390 e. The van der Waals surface area contributed by atoms with Gasteiger partial charge < -0.3 is 10.4 Å². The second-order valence-corrected chi connectivity index (χ2v) is 4.31. The Balaban J connectivity index is 2.70. The number of nitrogens with one attached hydrogen (secondary N) is 1. The Labute approximate surface area is 103 Å². The molecular weight excluding hydrogens is 250 g/mol. The van der Waals surface area contributed by atoms with Crippen LogP contribution in [0.15, 0.2) is 18.2 Å². The van der Waals surface area contributed by atoms with Gasteiger partial charge in [0.25, 0.3) is 0 Å². The number of halogens is 4. The molecule has 2 nitrogen and oxygen atoms in total. The predicted molar refractivity (Wildman–Crippen MR) is 59.7 cm³/mol. The van der Waals surface area contributed by atoms with Crippen molar-refractivity contribution in [1.82, 2.24) is 5.32 Å². The number of phenolic OH excluding ortho intramolecular Hbond substituents is 1. The summed E-state index contributed by atoms with van der Waals surface area (Å²) in [5, 5.41) is 12.2. The maximum atomic E-state index is 13.0. The summed E-state index contributed by atoms with van der Waals surface area (Å²) in [6, 6.07) is 1.98. The summed E-state index contributed by atoms with van der Waals surface area (Å²) in [5.74, 6) is -0.685. The van der Waals surface area contributed by atoms with E-state index in [4.69, 9.17) is 0 Å². The first-order valence-corrected chi connectivity index (χ1v) is 5.50. The number of hydrogen-bond acceptors (Lipinski definition) is 2. The third kappa shape index (κ3) is 4.52. The van der Waals surface area contributed by atoms with E-state index >= 15 is 0 Å². The van der Waals surface area contributed by atoms with Gasteiger partial charge in [0.15, 0.2) is 0 Å². The SMILES string of the molecule is CC(CC(F)(F)F)NC(C)c1cc(F)ccc1O. The minimum Gasteiger partial charge on any atom is -0.508 e. The summed E-state index contributed by atoms with van der Waals surface area (Å²) in [6.45, 7) is 2.96. The van der Waals surface area contributed by atoms with Crippen LogP contribution < -0.4 is 5.32 Å². The highest BCUT2D eigenvalue weighted by Gasteiger charge is 2.30. The second-order valence-electron chi connectivity index (χ2n) is 4.31. The minimum atomic E-state index is -4.25. The third-order valence-corrected chi connectivity index (χ3v) is 2.53. The molecule has 0 heterocycles. The number of alkyl halides is 3. The smallest absolute Gasteiger partial charge is 0.390 e. The molecule has 0 aliphatic carbocycles. The molecular formula is C12H15F4NO. The lowest BCUT2D eigenvalue weighted by Crippen LogP contribution is -2.33. The zero-order valence-corrected chi connectivity index (χ0v) is 10.1. The van der Waals surface area contributed by atoms with Crippen molar-refractivity contribution in [3.63, 3.8) is 0 Å². The summed E-state index contributed by atoms with van der Waals surface area (Å²) < 4.78 is 49.5. The zero-order valence-electron chi connectivity index (χ0n) is 10.1. The molecule has 0 aliphatic heterocycles. The van der Waals surface area contributed by atoms with Gasteiger partial charge in [-0.25, -0.2) is 4.39 Å². The zero-order chi connectivity index (χ0) is 13.9. The van der Waals surface area contributed by atoms with Crippen molar-refractivity contribution in [2.75, 3.05) is 0 Å². The van der Waals surface area contributed by atoms with Crippen LogP contribution in [0.1, 0.15) is 31.9 Å². The van der Waals surface area contributed by atoms with E-state index in [2.05, 4.69) is 5.32 Å². The maximum absolute atomic E-state index is 13.0. The first-order valence-electron chi connectivity index (χ1n) is 5.50. The molecule has 2 unspecified atom stereocenters. The standard InChI is InChI=1S/C12H15F4NO/c1-7(6-12(14,15)16)17-8(2)10-5-9(13)3-4-11(10)18/h3-5,7-8,17-18H,6H2,1-2H3. The highest BCUT2D eigenvalue weighted by molar-refractivity contribution is 5.34. The van der Waals surface area contributed by atoms with E-state index < -0.39 is 30.5 Å². The Kier molecular flexibility index (Phi) is 4.56. The Morgan fingerprint density at radius 2 is 1.89 bits per heavy atom. The van der Waals surface area contributed by atoms with Crippen molar-refractivity contribution in [2.24, 2.45) is 0 Å².